The van der Waals surface area contributed by atoms with Crippen molar-refractivity contribution in [2.24, 2.45) is 17.0 Å². The van der Waals surface area contributed by atoms with Crippen LogP contribution in [-0.4, -0.2) is 38.1 Å². The average Bonchev–Trinajstić information content (AvgIpc) is 3.19. The van der Waals surface area contributed by atoms with Crippen molar-refractivity contribution in [3.8, 4) is 0 Å². The molecule has 0 bridgehead atoms. The number of rotatable bonds is 2. The predicted molar refractivity (Wildman–Crippen MR) is 81.5 cm³/mol. The second-order valence-electron chi connectivity index (χ2n) is 5.27. The zero-order valence-corrected chi connectivity index (χ0v) is 12.3. The fourth-order valence-electron chi connectivity index (χ4n) is 2.60. The molecule has 2 aliphatic heterocycles. The minimum Gasteiger partial charge on any atom is -0.338 e. The van der Waals surface area contributed by atoms with Crippen LogP contribution < -0.4 is 5.32 Å². The van der Waals surface area contributed by atoms with Gasteiger partial charge in [-0.2, -0.15) is 5.10 Å². The maximum Gasteiger partial charge on any atom is 0.230 e. The first-order chi connectivity index (χ1) is 10.7. The summed E-state index contributed by atoms with van der Waals surface area (Å²) in [6.07, 6.45) is 7.56. The number of hydrogen-bond donors (Lipinski definition) is 1. The molecule has 2 aromatic heterocycles. The largest absolute Gasteiger partial charge is 0.338 e. The fraction of sp³-hybridized carbons (Fsp3) is 0.286. The van der Waals surface area contributed by atoms with Crippen LogP contribution in [0, 0.1) is 6.92 Å². The molecule has 0 aliphatic carbocycles. The van der Waals surface area contributed by atoms with Crippen LogP contribution in [0.15, 0.2) is 45.4 Å². The first-order valence-electron chi connectivity index (χ1n) is 6.97. The standard InChI is InChI=1S/C14H15N7O/c1-9-5-12(22-19-9)18-13-14-16-7-11(21(14)4-3-15-13)10-6-17-20(2)8-10/h3-6,8,11H,7H2,1-2H3,(H,15,18). The summed E-state index contributed by atoms with van der Waals surface area (Å²) in [6, 6.07) is 1.96. The van der Waals surface area contributed by atoms with Gasteiger partial charge in [0.1, 0.15) is 0 Å². The number of nitrogens with one attached hydrogen (secondary N) is 1. The summed E-state index contributed by atoms with van der Waals surface area (Å²) in [6.45, 7) is 2.54. The summed E-state index contributed by atoms with van der Waals surface area (Å²) in [5, 5.41) is 11.2. The number of aliphatic imine (C=N–C) groups is 2. The van der Waals surface area contributed by atoms with Gasteiger partial charge in [-0.1, -0.05) is 5.16 Å². The Morgan fingerprint density at radius 1 is 1.41 bits per heavy atom. The molecular formula is C14H15N7O. The molecule has 112 valence electrons. The van der Waals surface area contributed by atoms with Crippen molar-refractivity contribution in [1.82, 2.24) is 19.8 Å². The van der Waals surface area contributed by atoms with E-state index in [1.807, 2.05) is 38.6 Å². The third-order valence-electron chi connectivity index (χ3n) is 3.62. The molecule has 0 radical (unpaired) electrons. The van der Waals surface area contributed by atoms with Crippen LogP contribution in [0.2, 0.25) is 0 Å². The maximum absolute atomic E-state index is 5.18. The van der Waals surface area contributed by atoms with E-state index < -0.39 is 0 Å². The molecule has 0 aromatic carbocycles. The van der Waals surface area contributed by atoms with Gasteiger partial charge in [0.2, 0.25) is 5.88 Å². The topological polar surface area (TPSA) is 83.8 Å². The Morgan fingerprint density at radius 2 is 2.32 bits per heavy atom. The molecule has 0 fully saturated rings. The van der Waals surface area contributed by atoms with E-state index in [0.717, 1.165) is 17.1 Å². The molecule has 0 saturated carbocycles. The van der Waals surface area contributed by atoms with Gasteiger partial charge in [-0.3, -0.25) is 9.67 Å². The third-order valence-corrected chi connectivity index (χ3v) is 3.62. The van der Waals surface area contributed by atoms with Crippen LogP contribution in [0.25, 0.3) is 0 Å². The molecular weight excluding hydrogens is 282 g/mol. The van der Waals surface area contributed by atoms with Gasteiger partial charge in [0.05, 0.1) is 24.5 Å². The first-order valence-corrected chi connectivity index (χ1v) is 6.97. The summed E-state index contributed by atoms with van der Waals surface area (Å²) in [7, 11) is 1.91. The molecule has 0 amide bonds. The summed E-state index contributed by atoms with van der Waals surface area (Å²) in [4.78, 5) is 11.1. The lowest BCUT2D eigenvalue weighted by Gasteiger charge is -2.25. The Hall–Kier alpha value is -2.90. The molecule has 4 heterocycles. The second-order valence-corrected chi connectivity index (χ2v) is 5.27. The van der Waals surface area contributed by atoms with Crippen molar-refractivity contribution in [2.75, 3.05) is 11.9 Å². The second kappa shape index (κ2) is 4.83. The number of hydrogen-bond acceptors (Lipinski definition) is 7. The lowest BCUT2D eigenvalue weighted by molar-refractivity contribution is 0.430. The van der Waals surface area contributed by atoms with E-state index >= 15 is 0 Å². The van der Waals surface area contributed by atoms with E-state index in [1.54, 1.807) is 10.9 Å². The van der Waals surface area contributed by atoms with Crippen LogP contribution in [-0.2, 0) is 7.05 Å². The van der Waals surface area contributed by atoms with E-state index in [2.05, 4.69) is 30.5 Å². The highest BCUT2D eigenvalue weighted by Crippen LogP contribution is 2.28. The van der Waals surface area contributed by atoms with Gasteiger partial charge in [0.25, 0.3) is 0 Å². The van der Waals surface area contributed by atoms with Crippen LogP contribution >= 0.6 is 0 Å². The quantitative estimate of drug-likeness (QED) is 0.907. The summed E-state index contributed by atoms with van der Waals surface area (Å²) < 4.78 is 6.97. The Kier molecular flexibility index (Phi) is 2.81. The summed E-state index contributed by atoms with van der Waals surface area (Å²) >= 11 is 0. The monoisotopic (exact) mass is 297 g/mol. The normalized spacial score (nSPS) is 19.9. The molecule has 8 nitrogen and oxygen atoms in total. The number of aromatic nitrogens is 3. The third kappa shape index (κ3) is 2.09. The SMILES string of the molecule is Cc1cc(NC2=NC=CN3C2=NCC3c2cnn(C)c2)on1. The Balaban J connectivity index is 1.57. The van der Waals surface area contributed by atoms with Gasteiger partial charge in [0, 0.05) is 37.3 Å². The molecule has 2 aliphatic rings. The van der Waals surface area contributed by atoms with Gasteiger partial charge in [0.15, 0.2) is 11.7 Å². The number of amidine groups is 2. The maximum atomic E-state index is 5.18. The van der Waals surface area contributed by atoms with E-state index in [1.165, 1.54) is 0 Å². The summed E-state index contributed by atoms with van der Waals surface area (Å²) in [5.41, 5.74) is 1.94. The molecule has 1 N–H and O–H groups in total. The van der Waals surface area contributed by atoms with Crippen LogP contribution in [0.1, 0.15) is 17.3 Å². The van der Waals surface area contributed by atoms with E-state index in [-0.39, 0.29) is 6.04 Å². The molecule has 4 rings (SSSR count). The molecule has 8 heteroatoms. The van der Waals surface area contributed by atoms with Crippen molar-refractivity contribution in [3.63, 3.8) is 0 Å². The van der Waals surface area contributed by atoms with E-state index in [4.69, 9.17) is 4.52 Å². The lowest BCUT2D eigenvalue weighted by atomic mass is 10.1. The zero-order valence-electron chi connectivity index (χ0n) is 12.3. The van der Waals surface area contributed by atoms with Gasteiger partial charge < -0.3 is 14.7 Å². The van der Waals surface area contributed by atoms with E-state index in [9.17, 15) is 0 Å². The molecule has 1 atom stereocenters. The first kappa shape index (κ1) is 12.8. The zero-order chi connectivity index (χ0) is 15.1. The molecule has 1 unspecified atom stereocenters. The minimum atomic E-state index is 0.142. The molecule has 0 saturated heterocycles. The van der Waals surface area contributed by atoms with Crippen molar-refractivity contribution >= 4 is 17.6 Å². The highest BCUT2D eigenvalue weighted by atomic mass is 16.5. The Labute approximate surface area is 126 Å². The fourth-order valence-corrected chi connectivity index (χ4v) is 2.60. The predicted octanol–water partition coefficient (Wildman–Crippen LogP) is 1.47. The van der Waals surface area contributed by atoms with Gasteiger partial charge in [-0.15, -0.1) is 0 Å². The van der Waals surface area contributed by atoms with Gasteiger partial charge >= 0.3 is 0 Å². The van der Waals surface area contributed by atoms with Crippen LogP contribution in [0.3, 0.4) is 0 Å². The highest BCUT2D eigenvalue weighted by Gasteiger charge is 2.33. The molecule has 2 aromatic rings. The Morgan fingerprint density at radius 3 is 3.05 bits per heavy atom. The number of aryl methyl sites for hydroxylation is 2. The lowest BCUT2D eigenvalue weighted by Crippen LogP contribution is -2.37. The van der Waals surface area contributed by atoms with Gasteiger partial charge in [-0.05, 0) is 6.92 Å². The minimum absolute atomic E-state index is 0.142. The van der Waals surface area contributed by atoms with Crippen molar-refractivity contribution < 1.29 is 4.52 Å². The molecule has 0 spiro atoms. The highest BCUT2D eigenvalue weighted by molar-refractivity contribution is 6.45. The number of anilines is 1. The number of nitrogens with zero attached hydrogens (tertiary/aromatic N) is 6. The van der Waals surface area contributed by atoms with Gasteiger partial charge in [-0.25, -0.2) is 4.99 Å². The van der Waals surface area contributed by atoms with Crippen molar-refractivity contribution in [1.29, 1.82) is 0 Å². The average molecular weight is 297 g/mol. The number of fused-ring (bicyclic) bond motifs is 1. The Bertz CT molecular complexity index is 798. The smallest absolute Gasteiger partial charge is 0.230 e. The van der Waals surface area contributed by atoms with Crippen LogP contribution in [0.4, 0.5) is 5.88 Å². The van der Waals surface area contributed by atoms with E-state index in [0.29, 0.717) is 18.3 Å². The summed E-state index contributed by atoms with van der Waals surface area (Å²) in [5.74, 6) is 2.01. The molecule has 22 heavy (non-hydrogen) atoms. The van der Waals surface area contributed by atoms with Crippen LogP contribution in [0.5, 0.6) is 0 Å². The van der Waals surface area contributed by atoms with Crippen molar-refractivity contribution in [2.45, 2.75) is 13.0 Å². The van der Waals surface area contributed by atoms with Crippen molar-refractivity contribution in [3.05, 3.63) is 42.1 Å².